The zero-order chi connectivity index (χ0) is 22.5. The average Bonchev–Trinajstić information content (AvgIpc) is 3.30. The second-order valence-electron chi connectivity index (χ2n) is 9.02. The molecule has 0 saturated carbocycles. The molecule has 0 unspecified atom stereocenters. The highest BCUT2D eigenvalue weighted by molar-refractivity contribution is 5.97. The van der Waals surface area contributed by atoms with Crippen LogP contribution in [0.3, 0.4) is 0 Å². The highest BCUT2D eigenvalue weighted by Gasteiger charge is 2.45. The van der Waals surface area contributed by atoms with Crippen LogP contribution >= 0.6 is 0 Å². The van der Waals surface area contributed by atoms with Gasteiger partial charge in [0.05, 0.1) is 30.2 Å². The first kappa shape index (κ1) is 20.6. The number of benzene rings is 2. The Balaban J connectivity index is 1.39. The number of para-hydroxylation sites is 1. The Labute approximate surface area is 187 Å². The van der Waals surface area contributed by atoms with E-state index in [4.69, 9.17) is 9.47 Å². The maximum Gasteiger partial charge on any atom is 0.257 e. The Morgan fingerprint density at radius 2 is 1.97 bits per heavy atom. The molecule has 0 radical (unpaired) electrons. The van der Waals surface area contributed by atoms with Gasteiger partial charge in [-0.1, -0.05) is 18.2 Å². The maximum atomic E-state index is 13.3. The predicted octanol–water partition coefficient (Wildman–Crippen LogP) is 3.84. The Morgan fingerprint density at radius 3 is 2.69 bits per heavy atom. The molecule has 0 bridgehead atoms. The van der Waals surface area contributed by atoms with Crippen molar-refractivity contribution in [2.45, 2.75) is 37.9 Å². The number of H-pyrrole nitrogens is 1. The largest absolute Gasteiger partial charge is 0.496 e. The number of hydrogen-bond donors (Lipinski definition) is 2. The third kappa shape index (κ3) is 3.24. The van der Waals surface area contributed by atoms with Gasteiger partial charge in [-0.3, -0.25) is 9.89 Å². The number of ether oxygens (including phenoxy) is 2. The Bertz CT molecular complexity index is 1170. The van der Waals surface area contributed by atoms with Gasteiger partial charge in [-0.05, 0) is 43.7 Å². The molecule has 2 aromatic carbocycles. The number of methoxy groups -OCH3 is 1. The van der Waals surface area contributed by atoms with Crippen molar-refractivity contribution in [3.05, 3.63) is 65.4 Å². The van der Waals surface area contributed by atoms with Crippen LogP contribution in [-0.4, -0.2) is 46.3 Å². The van der Waals surface area contributed by atoms with Crippen LogP contribution in [0.5, 0.6) is 11.5 Å². The lowest BCUT2D eigenvalue weighted by Crippen LogP contribution is -2.49. The molecule has 0 atom stereocenters. The second kappa shape index (κ2) is 7.38. The van der Waals surface area contributed by atoms with E-state index >= 15 is 0 Å². The summed E-state index contributed by atoms with van der Waals surface area (Å²) in [5, 5.41) is 17.7. The van der Waals surface area contributed by atoms with E-state index in [1.54, 1.807) is 39.2 Å². The summed E-state index contributed by atoms with van der Waals surface area (Å²) in [5.41, 5.74) is 2.75. The van der Waals surface area contributed by atoms with Gasteiger partial charge in [0.2, 0.25) is 0 Å². The molecule has 1 aromatic heterocycles. The predicted molar refractivity (Wildman–Crippen MR) is 120 cm³/mol. The SMILES string of the molecule is COc1cc(C(C)(C)O)ccc1C(=O)N1CCC2(CC1)Oc1ccccc1-c1[nH]ncc12. The molecular weight excluding hydrogens is 406 g/mol. The smallest absolute Gasteiger partial charge is 0.257 e. The van der Waals surface area contributed by atoms with Crippen molar-refractivity contribution in [3.8, 4) is 22.8 Å². The number of amides is 1. The van der Waals surface area contributed by atoms with Crippen molar-refractivity contribution >= 4 is 5.91 Å². The van der Waals surface area contributed by atoms with Gasteiger partial charge in [0.1, 0.15) is 17.1 Å². The van der Waals surface area contributed by atoms with Crippen LogP contribution in [0.1, 0.15) is 48.2 Å². The van der Waals surface area contributed by atoms with E-state index in [1.165, 1.54) is 0 Å². The molecular formula is C25H27N3O4. The molecule has 3 aromatic rings. The fourth-order valence-electron chi connectivity index (χ4n) is 4.73. The van der Waals surface area contributed by atoms with Gasteiger partial charge in [0.25, 0.3) is 5.91 Å². The molecule has 2 aliphatic rings. The van der Waals surface area contributed by atoms with E-state index < -0.39 is 11.2 Å². The van der Waals surface area contributed by atoms with Crippen molar-refractivity contribution in [2.75, 3.05) is 20.2 Å². The van der Waals surface area contributed by atoms with Crippen molar-refractivity contribution in [2.24, 2.45) is 0 Å². The summed E-state index contributed by atoms with van der Waals surface area (Å²) in [6, 6.07) is 13.2. The van der Waals surface area contributed by atoms with E-state index in [2.05, 4.69) is 10.2 Å². The van der Waals surface area contributed by atoms with Crippen LogP contribution in [0.4, 0.5) is 0 Å². The maximum absolute atomic E-state index is 13.3. The first-order valence-electron chi connectivity index (χ1n) is 10.8. The van der Waals surface area contributed by atoms with Crippen molar-refractivity contribution < 1.29 is 19.4 Å². The van der Waals surface area contributed by atoms with Crippen molar-refractivity contribution in [1.82, 2.24) is 15.1 Å². The van der Waals surface area contributed by atoms with Gasteiger partial charge >= 0.3 is 0 Å². The van der Waals surface area contributed by atoms with Gasteiger partial charge in [-0.2, -0.15) is 5.10 Å². The Hall–Kier alpha value is -3.32. The normalized spacial score (nSPS) is 16.8. The number of aromatic nitrogens is 2. The topological polar surface area (TPSA) is 87.7 Å². The third-order valence-electron chi connectivity index (χ3n) is 6.59. The van der Waals surface area contributed by atoms with Gasteiger partial charge < -0.3 is 19.5 Å². The molecule has 3 heterocycles. The minimum atomic E-state index is -1.01. The monoisotopic (exact) mass is 433 g/mol. The van der Waals surface area contributed by atoms with Crippen LogP contribution in [0, 0.1) is 0 Å². The summed E-state index contributed by atoms with van der Waals surface area (Å²) in [5.74, 6) is 1.23. The average molecular weight is 434 g/mol. The molecule has 5 rings (SSSR count). The number of fused-ring (bicyclic) bond motifs is 4. The first-order valence-corrected chi connectivity index (χ1v) is 10.8. The quantitative estimate of drug-likeness (QED) is 0.655. The number of likely N-dealkylation sites (tertiary alicyclic amines) is 1. The molecule has 32 heavy (non-hydrogen) atoms. The lowest BCUT2D eigenvalue weighted by molar-refractivity contribution is -0.00170. The van der Waals surface area contributed by atoms with Crippen LogP contribution in [0.2, 0.25) is 0 Å². The molecule has 1 fully saturated rings. The molecule has 7 nitrogen and oxygen atoms in total. The summed E-state index contributed by atoms with van der Waals surface area (Å²) >= 11 is 0. The number of piperidine rings is 1. The third-order valence-corrected chi connectivity index (χ3v) is 6.59. The zero-order valence-electron chi connectivity index (χ0n) is 18.5. The first-order chi connectivity index (χ1) is 15.3. The molecule has 1 amide bonds. The summed E-state index contributed by atoms with van der Waals surface area (Å²) in [7, 11) is 1.54. The number of rotatable bonds is 3. The van der Waals surface area contributed by atoms with Crippen molar-refractivity contribution in [1.29, 1.82) is 0 Å². The van der Waals surface area contributed by atoms with E-state index in [9.17, 15) is 9.90 Å². The number of aromatic amines is 1. The second-order valence-corrected chi connectivity index (χ2v) is 9.02. The number of carbonyl (C=O) groups excluding carboxylic acids is 1. The van der Waals surface area contributed by atoms with Crippen LogP contribution in [0.25, 0.3) is 11.3 Å². The zero-order valence-corrected chi connectivity index (χ0v) is 18.5. The molecule has 1 spiro atoms. The summed E-state index contributed by atoms with van der Waals surface area (Å²) in [6.45, 7) is 4.53. The summed E-state index contributed by atoms with van der Waals surface area (Å²) in [4.78, 5) is 15.2. The van der Waals surface area contributed by atoms with Gasteiger partial charge in [0.15, 0.2) is 0 Å². The highest BCUT2D eigenvalue weighted by atomic mass is 16.5. The number of nitrogens with zero attached hydrogens (tertiary/aromatic N) is 2. The fraction of sp³-hybridized carbons (Fsp3) is 0.360. The number of carbonyl (C=O) groups is 1. The molecule has 2 N–H and O–H groups in total. The minimum Gasteiger partial charge on any atom is -0.496 e. The molecule has 166 valence electrons. The number of hydrogen-bond acceptors (Lipinski definition) is 5. The Morgan fingerprint density at radius 1 is 1.22 bits per heavy atom. The van der Waals surface area contributed by atoms with Crippen LogP contribution in [-0.2, 0) is 11.2 Å². The molecule has 2 aliphatic heterocycles. The van der Waals surface area contributed by atoms with E-state index in [-0.39, 0.29) is 5.91 Å². The lowest BCUT2D eigenvalue weighted by Gasteiger charge is -2.44. The summed E-state index contributed by atoms with van der Waals surface area (Å²) in [6.07, 6.45) is 3.19. The molecule has 0 aliphatic carbocycles. The minimum absolute atomic E-state index is 0.0809. The summed E-state index contributed by atoms with van der Waals surface area (Å²) < 4.78 is 12.0. The van der Waals surface area contributed by atoms with E-state index in [1.807, 2.05) is 35.4 Å². The van der Waals surface area contributed by atoms with Gasteiger partial charge in [-0.25, -0.2) is 0 Å². The number of aliphatic hydroxyl groups is 1. The van der Waals surface area contributed by atoms with Crippen LogP contribution in [0.15, 0.2) is 48.7 Å². The van der Waals surface area contributed by atoms with E-state index in [0.29, 0.717) is 42.8 Å². The lowest BCUT2D eigenvalue weighted by atomic mass is 9.81. The fourth-order valence-corrected chi connectivity index (χ4v) is 4.73. The van der Waals surface area contributed by atoms with Crippen molar-refractivity contribution in [3.63, 3.8) is 0 Å². The van der Waals surface area contributed by atoms with E-state index in [0.717, 1.165) is 22.6 Å². The number of nitrogens with one attached hydrogen (secondary N) is 1. The van der Waals surface area contributed by atoms with Crippen LogP contribution < -0.4 is 9.47 Å². The van der Waals surface area contributed by atoms with Gasteiger partial charge in [0, 0.05) is 37.1 Å². The highest BCUT2D eigenvalue weighted by Crippen LogP contribution is 2.48. The Kier molecular flexibility index (Phi) is 4.74. The molecule has 7 heteroatoms. The molecule has 1 saturated heterocycles. The standard InChI is InChI=1S/C25H27N3O4/c1-24(2,30)16-8-9-18(21(14-16)31-3)23(29)28-12-10-25(11-13-28)19-15-26-27-22(19)17-6-4-5-7-20(17)32-25/h4-9,14-15,30H,10-13H2,1-3H3,(H,26,27). The van der Waals surface area contributed by atoms with Gasteiger partial charge in [-0.15, -0.1) is 0 Å².